The first-order valence-corrected chi connectivity index (χ1v) is 8.85. The van der Waals surface area contributed by atoms with E-state index in [-0.39, 0.29) is 5.54 Å². The van der Waals surface area contributed by atoms with Gasteiger partial charge in [-0.25, -0.2) is 4.57 Å². The first-order valence-electron chi connectivity index (χ1n) is 8.85. The maximum absolute atomic E-state index is 2.49. The zero-order valence-electron chi connectivity index (χ0n) is 14.2. The SMILES string of the molecule is CCC1(CC)C=Cc2cccc3c4ccccc4n4cc[n+]1c4c23. The van der Waals surface area contributed by atoms with Gasteiger partial charge < -0.3 is 0 Å². The predicted octanol–water partition coefficient (Wildman–Crippen LogP) is 5.08. The van der Waals surface area contributed by atoms with Gasteiger partial charge in [-0.05, 0) is 30.5 Å². The second-order valence-corrected chi connectivity index (χ2v) is 6.79. The van der Waals surface area contributed by atoms with Crippen LogP contribution in [0.3, 0.4) is 0 Å². The predicted molar refractivity (Wildman–Crippen MR) is 100 cm³/mol. The average Bonchev–Trinajstić information content (AvgIpc) is 3.03. The van der Waals surface area contributed by atoms with E-state index in [1.165, 1.54) is 32.9 Å². The number of aromatic nitrogens is 2. The number of para-hydroxylation sites is 1. The molecular formula is C22H21N2+. The molecule has 0 spiro atoms. The van der Waals surface area contributed by atoms with E-state index >= 15 is 0 Å². The summed E-state index contributed by atoms with van der Waals surface area (Å²) in [4.78, 5) is 0. The summed E-state index contributed by atoms with van der Waals surface area (Å²) in [6.07, 6.45) is 11.4. The molecular weight excluding hydrogens is 292 g/mol. The highest BCUT2D eigenvalue weighted by atomic mass is 15.2. The first kappa shape index (κ1) is 13.8. The molecule has 118 valence electrons. The number of benzene rings is 2. The largest absolute Gasteiger partial charge is 0.296 e. The second kappa shape index (κ2) is 4.70. The Morgan fingerprint density at radius 2 is 1.75 bits per heavy atom. The van der Waals surface area contributed by atoms with Crippen LogP contribution in [0, 0.1) is 0 Å². The third kappa shape index (κ3) is 1.53. The summed E-state index contributed by atoms with van der Waals surface area (Å²) in [5, 5.41) is 4.02. The summed E-state index contributed by atoms with van der Waals surface area (Å²) >= 11 is 0. The monoisotopic (exact) mass is 313 g/mol. The number of allylic oxidation sites excluding steroid dienone is 1. The number of pyridine rings is 1. The second-order valence-electron chi connectivity index (χ2n) is 6.79. The minimum Gasteiger partial charge on any atom is -0.221 e. The Balaban J connectivity index is 2.13. The molecule has 2 heteroatoms. The fraction of sp³-hybridized carbons (Fsp3) is 0.227. The molecule has 0 N–H and O–H groups in total. The van der Waals surface area contributed by atoms with Crippen LogP contribution in [0.25, 0.3) is 33.4 Å². The lowest BCUT2D eigenvalue weighted by Crippen LogP contribution is -2.53. The van der Waals surface area contributed by atoms with E-state index in [1.807, 2.05) is 0 Å². The summed E-state index contributed by atoms with van der Waals surface area (Å²) in [6, 6.07) is 15.4. The minimum absolute atomic E-state index is 0.0448. The summed E-state index contributed by atoms with van der Waals surface area (Å²) < 4.78 is 4.86. The van der Waals surface area contributed by atoms with Crippen LogP contribution >= 0.6 is 0 Å². The standard InChI is InChI=1S/C22H21N2/c1-3-22(4-2)13-12-16-8-7-10-18-17-9-5-6-11-19(17)23-14-15-24(22)21(23)20(16)18/h5-15H,3-4H2,1-2H3/q+1. The molecule has 1 aliphatic heterocycles. The van der Waals surface area contributed by atoms with Gasteiger partial charge in [0, 0.05) is 10.8 Å². The van der Waals surface area contributed by atoms with E-state index in [1.54, 1.807) is 0 Å². The van der Waals surface area contributed by atoms with Crippen LogP contribution in [0.2, 0.25) is 0 Å². The van der Waals surface area contributed by atoms with Crippen LogP contribution in [-0.2, 0) is 5.54 Å². The summed E-state index contributed by atoms with van der Waals surface area (Å²) in [5.41, 5.74) is 3.95. The van der Waals surface area contributed by atoms with Gasteiger partial charge in [-0.15, -0.1) is 0 Å². The van der Waals surface area contributed by atoms with Crippen molar-refractivity contribution in [2.24, 2.45) is 0 Å². The Hall–Kier alpha value is -2.61. The van der Waals surface area contributed by atoms with Crippen molar-refractivity contribution in [1.29, 1.82) is 0 Å². The maximum atomic E-state index is 2.49. The number of nitrogens with zero attached hydrogens (tertiary/aromatic N) is 2. The summed E-state index contributed by atoms with van der Waals surface area (Å²) in [5.74, 6) is 0. The smallest absolute Gasteiger partial charge is 0.221 e. The van der Waals surface area contributed by atoms with Gasteiger partial charge in [0.25, 0.3) is 5.65 Å². The maximum Gasteiger partial charge on any atom is 0.296 e. The van der Waals surface area contributed by atoms with Crippen LogP contribution in [0.1, 0.15) is 32.3 Å². The van der Waals surface area contributed by atoms with Crippen molar-refractivity contribution in [3.8, 4) is 0 Å². The Morgan fingerprint density at radius 3 is 2.58 bits per heavy atom. The average molecular weight is 313 g/mol. The Morgan fingerprint density at radius 1 is 0.958 bits per heavy atom. The third-order valence-corrected chi connectivity index (χ3v) is 5.87. The zero-order valence-corrected chi connectivity index (χ0v) is 14.2. The molecule has 4 aromatic rings. The van der Waals surface area contributed by atoms with Crippen molar-refractivity contribution in [2.45, 2.75) is 32.2 Å². The van der Waals surface area contributed by atoms with E-state index in [9.17, 15) is 0 Å². The highest BCUT2D eigenvalue weighted by Crippen LogP contribution is 2.35. The number of fused-ring (bicyclic) bond motifs is 3. The number of imidazole rings is 1. The number of hydrogen-bond acceptors (Lipinski definition) is 0. The molecule has 0 bridgehead atoms. The van der Waals surface area contributed by atoms with E-state index in [2.05, 4.69) is 89.8 Å². The van der Waals surface area contributed by atoms with Gasteiger partial charge in [-0.2, -0.15) is 4.40 Å². The topological polar surface area (TPSA) is 8.29 Å². The van der Waals surface area contributed by atoms with E-state index in [4.69, 9.17) is 0 Å². The van der Waals surface area contributed by atoms with Crippen molar-refractivity contribution < 1.29 is 4.57 Å². The highest BCUT2D eigenvalue weighted by molar-refractivity contribution is 6.13. The number of rotatable bonds is 2. The van der Waals surface area contributed by atoms with Crippen molar-refractivity contribution >= 4 is 33.4 Å². The quantitative estimate of drug-likeness (QED) is 0.360. The van der Waals surface area contributed by atoms with Gasteiger partial charge in [-0.3, -0.25) is 0 Å². The normalized spacial score (nSPS) is 15.6. The number of hydrogen-bond donors (Lipinski definition) is 0. The lowest BCUT2D eigenvalue weighted by molar-refractivity contribution is -0.729. The molecule has 2 aromatic heterocycles. The van der Waals surface area contributed by atoms with Crippen LogP contribution in [-0.4, -0.2) is 4.40 Å². The van der Waals surface area contributed by atoms with Crippen molar-refractivity contribution in [3.63, 3.8) is 0 Å². The van der Waals surface area contributed by atoms with Crippen LogP contribution in [0.5, 0.6) is 0 Å². The molecule has 0 amide bonds. The Bertz CT molecular complexity index is 1130. The molecule has 2 aromatic carbocycles. The van der Waals surface area contributed by atoms with Gasteiger partial charge in [0.2, 0.25) is 0 Å². The van der Waals surface area contributed by atoms with Crippen molar-refractivity contribution in [1.82, 2.24) is 4.40 Å². The van der Waals surface area contributed by atoms with Crippen LogP contribution in [0.4, 0.5) is 0 Å². The van der Waals surface area contributed by atoms with Gasteiger partial charge in [0.05, 0.1) is 5.39 Å². The molecule has 0 fully saturated rings. The van der Waals surface area contributed by atoms with E-state index in [0.717, 1.165) is 12.8 Å². The van der Waals surface area contributed by atoms with E-state index < -0.39 is 0 Å². The molecule has 0 unspecified atom stereocenters. The fourth-order valence-corrected chi connectivity index (χ4v) is 4.43. The summed E-state index contributed by atoms with van der Waals surface area (Å²) in [6.45, 7) is 4.58. The minimum atomic E-state index is 0.0448. The van der Waals surface area contributed by atoms with Crippen LogP contribution in [0.15, 0.2) is 60.9 Å². The lowest BCUT2D eigenvalue weighted by atomic mass is 9.91. The van der Waals surface area contributed by atoms with Crippen molar-refractivity contribution in [2.75, 3.05) is 0 Å². The Kier molecular flexibility index (Phi) is 2.70. The Labute approximate surface area is 141 Å². The van der Waals surface area contributed by atoms with Gasteiger partial charge in [-0.1, -0.05) is 56.3 Å². The first-order chi connectivity index (χ1) is 11.8. The van der Waals surface area contributed by atoms with Gasteiger partial charge >= 0.3 is 0 Å². The summed E-state index contributed by atoms with van der Waals surface area (Å²) in [7, 11) is 0. The molecule has 0 radical (unpaired) electrons. The van der Waals surface area contributed by atoms with E-state index in [0.29, 0.717) is 0 Å². The fourth-order valence-electron chi connectivity index (χ4n) is 4.43. The highest BCUT2D eigenvalue weighted by Gasteiger charge is 2.36. The third-order valence-electron chi connectivity index (χ3n) is 5.87. The molecule has 0 saturated heterocycles. The van der Waals surface area contributed by atoms with Gasteiger partial charge in [0.15, 0.2) is 0 Å². The molecule has 0 aliphatic carbocycles. The molecule has 24 heavy (non-hydrogen) atoms. The van der Waals surface area contributed by atoms with Crippen LogP contribution < -0.4 is 4.57 Å². The molecule has 1 aliphatic rings. The molecule has 0 saturated carbocycles. The molecule has 5 rings (SSSR count). The molecule has 2 nitrogen and oxygen atoms in total. The lowest BCUT2D eigenvalue weighted by Gasteiger charge is -2.24. The molecule has 0 atom stereocenters. The zero-order chi connectivity index (χ0) is 16.3. The van der Waals surface area contributed by atoms with Crippen molar-refractivity contribution in [3.05, 3.63) is 66.5 Å². The molecule has 3 heterocycles. The van der Waals surface area contributed by atoms with Gasteiger partial charge in [0.1, 0.15) is 23.4 Å².